The number of nitriles is 1. The van der Waals surface area contributed by atoms with Gasteiger partial charge in [-0.25, -0.2) is 4.68 Å². The summed E-state index contributed by atoms with van der Waals surface area (Å²) in [5, 5.41) is 18.6. The number of hydrogen-bond acceptors (Lipinski definition) is 6. The molecular formula is C23H19N5O2S. The fourth-order valence-corrected chi connectivity index (χ4v) is 3.92. The van der Waals surface area contributed by atoms with E-state index in [0.29, 0.717) is 23.5 Å². The SMILES string of the molecule is C=CCN=c1scc(-c2ccc3c(c2)NC(=O)CO3)n1/N=C(\C)c1ccc(C#N)cc1. The van der Waals surface area contributed by atoms with Crippen LogP contribution in [0.5, 0.6) is 5.75 Å². The number of hydrogen-bond donors (Lipinski definition) is 1. The normalized spacial score (nSPS) is 13.7. The van der Waals surface area contributed by atoms with E-state index in [9.17, 15) is 4.79 Å². The van der Waals surface area contributed by atoms with Crippen molar-refractivity contribution in [3.05, 3.63) is 76.4 Å². The molecule has 0 fully saturated rings. The Hall–Kier alpha value is -3.96. The van der Waals surface area contributed by atoms with Crippen molar-refractivity contribution in [3.63, 3.8) is 0 Å². The topological polar surface area (TPSA) is 91.8 Å². The Kier molecular flexibility index (Phi) is 5.78. The summed E-state index contributed by atoms with van der Waals surface area (Å²) in [4.78, 5) is 17.0. The number of nitrogens with one attached hydrogen (secondary N) is 1. The first-order chi connectivity index (χ1) is 15.1. The van der Waals surface area contributed by atoms with Gasteiger partial charge in [0.05, 0.1) is 35.3 Å². The van der Waals surface area contributed by atoms with Crippen LogP contribution in [0.1, 0.15) is 18.1 Å². The van der Waals surface area contributed by atoms with Crippen LogP contribution in [0.3, 0.4) is 0 Å². The maximum Gasteiger partial charge on any atom is 0.262 e. The van der Waals surface area contributed by atoms with Gasteiger partial charge in [0.15, 0.2) is 6.61 Å². The first-order valence-corrected chi connectivity index (χ1v) is 10.4. The van der Waals surface area contributed by atoms with Gasteiger partial charge >= 0.3 is 0 Å². The third-order valence-electron chi connectivity index (χ3n) is 4.63. The van der Waals surface area contributed by atoms with Crippen LogP contribution in [0.2, 0.25) is 0 Å². The number of anilines is 1. The minimum Gasteiger partial charge on any atom is -0.482 e. The maximum atomic E-state index is 11.7. The van der Waals surface area contributed by atoms with Crippen molar-refractivity contribution in [3.8, 4) is 23.1 Å². The van der Waals surface area contributed by atoms with Crippen LogP contribution in [0.4, 0.5) is 5.69 Å². The average Bonchev–Trinajstić information content (AvgIpc) is 3.19. The number of benzene rings is 2. The van der Waals surface area contributed by atoms with E-state index >= 15 is 0 Å². The summed E-state index contributed by atoms with van der Waals surface area (Å²) in [5.41, 5.74) is 4.62. The summed E-state index contributed by atoms with van der Waals surface area (Å²) >= 11 is 1.47. The van der Waals surface area contributed by atoms with Gasteiger partial charge in [0.2, 0.25) is 4.80 Å². The number of carbonyl (C=O) groups excluding carboxylic acids is 1. The number of aromatic nitrogens is 1. The number of amides is 1. The van der Waals surface area contributed by atoms with Crippen molar-refractivity contribution in [2.75, 3.05) is 18.5 Å². The predicted octanol–water partition coefficient (Wildman–Crippen LogP) is 3.78. The Bertz CT molecular complexity index is 1290. The standard InChI is InChI=1S/C23H19N5O2S/c1-3-10-25-23-28(27-15(2)17-6-4-16(12-24)5-7-17)20(14-31-23)18-8-9-21-19(11-18)26-22(29)13-30-21/h3-9,11,14H,1,10,13H2,2H3,(H,26,29)/b25-23?,27-15+. The van der Waals surface area contributed by atoms with Gasteiger partial charge in [-0.3, -0.25) is 9.79 Å². The lowest BCUT2D eigenvalue weighted by molar-refractivity contribution is -0.118. The monoisotopic (exact) mass is 429 g/mol. The molecule has 7 nitrogen and oxygen atoms in total. The second kappa shape index (κ2) is 8.81. The van der Waals surface area contributed by atoms with Gasteiger partial charge in [-0.1, -0.05) is 18.2 Å². The molecule has 8 heteroatoms. The first kappa shape index (κ1) is 20.3. The molecule has 2 heterocycles. The van der Waals surface area contributed by atoms with Crippen molar-refractivity contribution in [2.45, 2.75) is 6.92 Å². The van der Waals surface area contributed by atoms with E-state index in [1.165, 1.54) is 11.3 Å². The van der Waals surface area contributed by atoms with Crippen molar-refractivity contribution >= 4 is 28.6 Å². The molecule has 31 heavy (non-hydrogen) atoms. The van der Waals surface area contributed by atoms with Gasteiger partial charge in [-0.15, -0.1) is 17.9 Å². The fraction of sp³-hybridized carbons (Fsp3) is 0.130. The quantitative estimate of drug-likeness (QED) is 0.494. The highest BCUT2D eigenvalue weighted by atomic mass is 32.1. The molecule has 4 rings (SSSR count). The molecule has 0 radical (unpaired) electrons. The van der Waals surface area contributed by atoms with Crippen LogP contribution >= 0.6 is 11.3 Å². The number of carbonyl (C=O) groups is 1. The van der Waals surface area contributed by atoms with Crippen molar-refractivity contribution in [2.24, 2.45) is 10.1 Å². The lowest BCUT2D eigenvalue weighted by Crippen LogP contribution is -2.25. The molecule has 1 aliphatic heterocycles. The molecule has 2 aromatic carbocycles. The summed E-state index contributed by atoms with van der Waals surface area (Å²) in [6.07, 6.45) is 1.73. The van der Waals surface area contributed by atoms with Crippen LogP contribution in [-0.4, -0.2) is 29.4 Å². The Balaban J connectivity index is 1.80. The molecule has 0 aliphatic carbocycles. The average molecular weight is 430 g/mol. The number of thiazole rings is 1. The summed E-state index contributed by atoms with van der Waals surface area (Å²) in [6, 6.07) is 15.0. The molecule has 0 bridgehead atoms. The fourth-order valence-electron chi connectivity index (χ4n) is 3.08. The lowest BCUT2D eigenvalue weighted by atomic mass is 10.1. The van der Waals surface area contributed by atoms with Gasteiger partial charge in [0.1, 0.15) is 5.75 Å². The number of ether oxygens (including phenoxy) is 1. The molecule has 0 unspecified atom stereocenters. The Labute approximate surface area is 183 Å². The highest BCUT2D eigenvalue weighted by molar-refractivity contribution is 7.07. The Morgan fingerprint density at radius 1 is 1.35 bits per heavy atom. The Morgan fingerprint density at radius 2 is 2.16 bits per heavy atom. The lowest BCUT2D eigenvalue weighted by Gasteiger charge is -2.18. The van der Waals surface area contributed by atoms with E-state index in [1.54, 1.807) is 22.9 Å². The van der Waals surface area contributed by atoms with Gasteiger partial charge in [-0.2, -0.15) is 10.4 Å². The largest absolute Gasteiger partial charge is 0.482 e. The number of rotatable bonds is 5. The maximum absolute atomic E-state index is 11.7. The molecule has 1 aliphatic rings. The van der Waals surface area contributed by atoms with Gasteiger partial charge in [-0.05, 0) is 42.8 Å². The van der Waals surface area contributed by atoms with Crippen LogP contribution in [0.15, 0.2) is 70.6 Å². The molecule has 0 spiro atoms. The summed E-state index contributed by atoms with van der Waals surface area (Å²) in [6.45, 7) is 6.14. The molecule has 1 aromatic heterocycles. The zero-order chi connectivity index (χ0) is 21.8. The van der Waals surface area contributed by atoms with E-state index in [-0.39, 0.29) is 12.5 Å². The summed E-state index contributed by atoms with van der Waals surface area (Å²) < 4.78 is 7.25. The molecule has 3 aromatic rings. The highest BCUT2D eigenvalue weighted by Crippen LogP contribution is 2.33. The van der Waals surface area contributed by atoms with E-state index in [1.807, 2.05) is 42.6 Å². The highest BCUT2D eigenvalue weighted by Gasteiger charge is 2.18. The van der Waals surface area contributed by atoms with Crippen molar-refractivity contribution in [1.82, 2.24) is 4.68 Å². The van der Waals surface area contributed by atoms with E-state index in [2.05, 4.69) is 23.0 Å². The van der Waals surface area contributed by atoms with Crippen LogP contribution in [0, 0.1) is 11.3 Å². The van der Waals surface area contributed by atoms with Crippen LogP contribution in [-0.2, 0) is 4.79 Å². The van der Waals surface area contributed by atoms with E-state index in [4.69, 9.17) is 15.1 Å². The van der Waals surface area contributed by atoms with Gasteiger partial charge in [0, 0.05) is 10.9 Å². The van der Waals surface area contributed by atoms with Crippen molar-refractivity contribution < 1.29 is 9.53 Å². The molecule has 0 saturated carbocycles. The second-order valence-electron chi connectivity index (χ2n) is 6.77. The molecule has 0 atom stereocenters. The Morgan fingerprint density at radius 3 is 2.90 bits per heavy atom. The summed E-state index contributed by atoms with van der Waals surface area (Å²) in [7, 11) is 0. The molecular weight excluding hydrogens is 410 g/mol. The van der Waals surface area contributed by atoms with Gasteiger partial charge in [0.25, 0.3) is 5.91 Å². The molecule has 154 valence electrons. The van der Waals surface area contributed by atoms with E-state index in [0.717, 1.165) is 27.3 Å². The minimum atomic E-state index is -0.181. The second-order valence-corrected chi connectivity index (χ2v) is 7.60. The zero-order valence-electron chi connectivity index (χ0n) is 16.8. The van der Waals surface area contributed by atoms with Crippen LogP contribution in [0.25, 0.3) is 11.3 Å². The van der Waals surface area contributed by atoms with Crippen molar-refractivity contribution in [1.29, 1.82) is 5.26 Å². The molecule has 1 N–H and O–H groups in total. The van der Waals surface area contributed by atoms with Gasteiger partial charge < -0.3 is 10.1 Å². The van der Waals surface area contributed by atoms with E-state index < -0.39 is 0 Å². The third kappa shape index (κ3) is 4.32. The number of nitrogens with zero attached hydrogens (tertiary/aromatic N) is 4. The molecule has 1 amide bonds. The third-order valence-corrected chi connectivity index (χ3v) is 5.48. The zero-order valence-corrected chi connectivity index (χ0v) is 17.6. The smallest absolute Gasteiger partial charge is 0.262 e. The van der Waals surface area contributed by atoms with Crippen LogP contribution < -0.4 is 14.9 Å². The first-order valence-electron chi connectivity index (χ1n) is 9.54. The number of fused-ring (bicyclic) bond motifs is 1. The minimum absolute atomic E-state index is 0.0173. The molecule has 0 saturated heterocycles. The predicted molar refractivity (Wildman–Crippen MR) is 121 cm³/mol. The summed E-state index contributed by atoms with van der Waals surface area (Å²) in [5.74, 6) is 0.457.